The summed E-state index contributed by atoms with van der Waals surface area (Å²) < 4.78 is 0. The Morgan fingerprint density at radius 3 is 2.69 bits per heavy atom. The third-order valence-corrected chi connectivity index (χ3v) is 3.11. The molecule has 4 heteroatoms. The number of hydrogen-bond donors (Lipinski definition) is 1. The Balaban J connectivity index is 1.99. The summed E-state index contributed by atoms with van der Waals surface area (Å²) in [5.41, 5.74) is 6.74. The van der Waals surface area contributed by atoms with E-state index in [2.05, 4.69) is 22.1 Å². The van der Waals surface area contributed by atoms with Gasteiger partial charge in [0.05, 0.1) is 5.75 Å². The number of benzene rings is 1. The first-order valence-electron chi connectivity index (χ1n) is 5.06. The third-order valence-electron chi connectivity index (χ3n) is 2.12. The zero-order valence-corrected chi connectivity index (χ0v) is 9.65. The zero-order chi connectivity index (χ0) is 11.2. The van der Waals surface area contributed by atoms with E-state index in [1.807, 2.05) is 18.2 Å². The van der Waals surface area contributed by atoms with Crippen LogP contribution in [-0.4, -0.2) is 9.97 Å². The smallest absolute Gasteiger partial charge is 0.138 e. The predicted molar refractivity (Wildman–Crippen MR) is 65.9 cm³/mol. The Labute approximate surface area is 99.1 Å². The fraction of sp³-hybridized carbons (Fsp3) is 0.167. The second kappa shape index (κ2) is 5.63. The fourth-order valence-electron chi connectivity index (χ4n) is 1.31. The highest BCUT2D eigenvalue weighted by atomic mass is 32.2. The molecule has 2 N–H and O–H groups in total. The highest BCUT2D eigenvalue weighted by molar-refractivity contribution is 7.98. The maximum atomic E-state index is 5.59. The summed E-state index contributed by atoms with van der Waals surface area (Å²) >= 11 is 1.72. The molecular formula is C12H13N3S. The molecule has 0 aliphatic heterocycles. The number of nitrogens with zero attached hydrogens (tertiary/aromatic N) is 2. The van der Waals surface area contributed by atoms with Gasteiger partial charge in [0.2, 0.25) is 0 Å². The minimum Gasteiger partial charge on any atom is -0.326 e. The first-order valence-corrected chi connectivity index (χ1v) is 6.05. The van der Waals surface area contributed by atoms with Gasteiger partial charge in [-0.2, -0.15) is 0 Å². The monoisotopic (exact) mass is 231 g/mol. The SMILES string of the molecule is NCc1cccc(SCc2ncccn2)c1. The van der Waals surface area contributed by atoms with Gasteiger partial charge >= 0.3 is 0 Å². The highest BCUT2D eigenvalue weighted by Crippen LogP contribution is 2.21. The highest BCUT2D eigenvalue weighted by Gasteiger charge is 1.98. The molecule has 0 atom stereocenters. The molecular weight excluding hydrogens is 218 g/mol. The molecule has 0 radical (unpaired) electrons. The Hall–Kier alpha value is -1.39. The van der Waals surface area contributed by atoms with E-state index >= 15 is 0 Å². The molecule has 3 nitrogen and oxygen atoms in total. The summed E-state index contributed by atoms with van der Waals surface area (Å²) in [7, 11) is 0. The van der Waals surface area contributed by atoms with Crippen molar-refractivity contribution < 1.29 is 0 Å². The number of hydrogen-bond acceptors (Lipinski definition) is 4. The quantitative estimate of drug-likeness (QED) is 0.820. The van der Waals surface area contributed by atoms with Crippen LogP contribution in [0.1, 0.15) is 11.4 Å². The van der Waals surface area contributed by atoms with E-state index in [1.54, 1.807) is 24.2 Å². The molecule has 16 heavy (non-hydrogen) atoms. The third kappa shape index (κ3) is 3.05. The van der Waals surface area contributed by atoms with Crippen LogP contribution in [0.25, 0.3) is 0 Å². The van der Waals surface area contributed by atoms with Crippen molar-refractivity contribution in [2.24, 2.45) is 5.73 Å². The van der Waals surface area contributed by atoms with Gasteiger partial charge in [-0.15, -0.1) is 11.8 Å². The van der Waals surface area contributed by atoms with Crippen LogP contribution < -0.4 is 5.73 Å². The van der Waals surface area contributed by atoms with Crippen molar-refractivity contribution in [1.29, 1.82) is 0 Å². The second-order valence-electron chi connectivity index (χ2n) is 3.31. The fourth-order valence-corrected chi connectivity index (χ4v) is 2.17. The van der Waals surface area contributed by atoms with E-state index in [1.165, 1.54) is 4.90 Å². The average molecular weight is 231 g/mol. The lowest BCUT2D eigenvalue weighted by molar-refractivity contribution is 1.03. The molecule has 2 rings (SSSR count). The Kier molecular flexibility index (Phi) is 3.91. The summed E-state index contributed by atoms with van der Waals surface area (Å²) in [5, 5.41) is 0. The van der Waals surface area contributed by atoms with E-state index in [9.17, 15) is 0 Å². The molecule has 0 bridgehead atoms. The summed E-state index contributed by atoms with van der Waals surface area (Å²) in [6.07, 6.45) is 3.53. The second-order valence-corrected chi connectivity index (χ2v) is 4.35. The van der Waals surface area contributed by atoms with Gasteiger partial charge in [-0.3, -0.25) is 0 Å². The molecule has 0 aliphatic carbocycles. The lowest BCUT2D eigenvalue weighted by atomic mass is 10.2. The molecule has 1 aromatic carbocycles. The van der Waals surface area contributed by atoms with Crippen LogP contribution in [0.5, 0.6) is 0 Å². The molecule has 0 aliphatic rings. The van der Waals surface area contributed by atoms with Crippen molar-refractivity contribution in [3.8, 4) is 0 Å². The topological polar surface area (TPSA) is 51.8 Å². The van der Waals surface area contributed by atoms with E-state index in [-0.39, 0.29) is 0 Å². The summed E-state index contributed by atoms with van der Waals surface area (Å²) in [6.45, 7) is 0.580. The molecule has 0 fully saturated rings. The van der Waals surface area contributed by atoms with Crippen molar-refractivity contribution in [3.05, 3.63) is 54.1 Å². The van der Waals surface area contributed by atoms with Crippen LogP contribution in [0, 0.1) is 0 Å². The van der Waals surface area contributed by atoms with Crippen LogP contribution >= 0.6 is 11.8 Å². The maximum absolute atomic E-state index is 5.59. The predicted octanol–water partition coefficient (Wildman–Crippen LogP) is 2.23. The first-order chi connectivity index (χ1) is 7.88. The standard InChI is InChI=1S/C12H13N3S/c13-8-10-3-1-4-11(7-10)16-9-12-14-5-2-6-15-12/h1-7H,8-9,13H2. The molecule has 0 spiro atoms. The van der Waals surface area contributed by atoms with Crippen molar-refractivity contribution >= 4 is 11.8 Å². The van der Waals surface area contributed by atoms with Gasteiger partial charge < -0.3 is 5.73 Å². The lowest BCUT2D eigenvalue weighted by Crippen LogP contribution is -1.95. The van der Waals surface area contributed by atoms with Gasteiger partial charge in [-0.05, 0) is 23.8 Å². The van der Waals surface area contributed by atoms with Gasteiger partial charge in [0.25, 0.3) is 0 Å². The molecule has 2 aromatic rings. The van der Waals surface area contributed by atoms with E-state index in [0.29, 0.717) is 6.54 Å². The first kappa shape index (κ1) is 11.1. The van der Waals surface area contributed by atoms with Crippen LogP contribution in [0.3, 0.4) is 0 Å². The number of aromatic nitrogens is 2. The normalized spacial score (nSPS) is 10.3. The van der Waals surface area contributed by atoms with E-state index < -0.39 is 0 Å². The van der Waals surface area contributed by atoms with Crippen LogP contribution in [0.4, 0.5) is 0 Å². The van der Waals surface area contributed by atoms with E-state index in [4.69, 9.17) is 5.73 Å². The number of rotatable bonds is 4. The Morgan fingerprint density at radius 1 is 1.12 bits per heavy atom. The van der Waals surface area contributed by atoms with Gasteiger partial charge in [0, 0.05) is 23.8 Å². The minimum absolute atomic E-state index is 0.580. The number of nitrogens with two attached hydrogens (primary N) is 1. The number of thioether (sulfide) groups is 1. The summed E-state index contributed by atoms with van der Waals surface area (Å²) in [6, 6.07) is 10.1. The molecule has 1 heterocycles. The van der Waals surface area contributed by atoms with Gasteiger partial charge in [0.1, 0.15) is 5.82 Å². The zero-order valence-electron chi connectivity index (χ0n) is 8.84. The summed E-state index contributed by atoms with van der Waals surface area (Å²) in [4.78, 5) is 9.56. The van der Waals surface area contributed by atoms with Gasteiger partial charge in [0.15, 0.2) is 0 Å². The Morgan fingerprint density at radius 2 is 1.94 bits per heavy atom. The van der Waals surface area contributed by atoms with Crippen molar-refractivity contribution in [1.82, 2.24) is 9.97 Å². The van der Waals surface area contributed by atoms with Crippen LogP contribution in [0.2, 0.25) is 0 Å². The molecule has 0 unspecified atom stereocenters. The molecule has 82 valence electrons. The molecule has 1 aromatic heterocycles. The summed E-state index contributed by atoms with van der Waals surface area (Å²) in [5.74, 6) is 1.64. The van der Waals surface area contributed by atoms with Gasteiger partial charge in [-0.25, -0.2) is 9.97 Å². The van der Waals surface area contributed by atoms with Crippen molar-refractivity contribution in [3.63, 3.8) is 0 Å². The minimum atomic E-state index is 0.580. The van der Waals surface area contributed by atoms with Gasteiger partial charge in [-0.1, -0.05) is 12.1 Å². The average Bonchev–Trinajstić information content (AvgIpc) is 2.38. The van der Waals surface area contributed by atoms with Crippen LogP contribution in [0.15, 0.2) is 47.6 Å². The van der Waals surface area contributed by atoms with E-state index in [0.717, 1.165) is 17.1 Å². The Bertz CT molecular complexity index is 445. The maximum Gasteiger partial charge on any atom is 0.138 e. The van der Waals surface area contributed by atoms with Crippen molar-refractivity contribution in [2.75, 3.05) is 0 Å². The van der Waals surface area contributed by atoms with Crippen LogP contribution in [-0.2, 0) is 12.3 Å². The van der Waals surface area contributed by atoms with Crippen molar-refractivity contribution in [2.45, 2.75) is 17.2 Å². The lowest BCUT2D eigenvalue weighted by Gasteiger charge is -2.02. The molecule has 0 amide bonds. The largest absolute Gasteiger partial charge is 0.326 e. The molecule has 0 saturated heterocycles. The molecule has 0 saturated carbocycles.